The number of nitrogens with one attached hydrogen (secondary N) is 1. The van der Waals surface area contributed by atoms with Gasteiger partial charge in [0, 0.05) is 78.6 Å². The molecule has 0 saturated heterocycles. The summed E-state index contributed by atoms with van der Waals surface area (Å²) in [6, 6.07) is 37.2. The van der Waals surface area contributed by atoms with Crippen LogP contribution in [0.5, 0.6) is 0 Å². The molecule has 12 heteroatoms. The Labute approximate surface area is 413 Å². The summed E-state index contributed by atoms with van der Waals surface area (Å²) in [5.41, 5.74) is 4.81. The zero-order valence-corrected chi connectivity index (χ0v) is 41.7. The summed E-state index contributed by atoms with van der Waals surface area (Å²) in [6.45, 7) is 10.8. The Kier molecular flexibility index (Phi) is 14.7. The van der Waals surface area contributed by atoms with Crippen molar-refractivity contribution >= 4 is 106 Å². The first kappa shape index (κ1) is 47.3. The lowest BCUT2D eigenvalue weighted by molar-refractivity contribution is -0.142. The van der Waals surface area contributed by atoms with E-state index in [0.29, 0.717) is 23.2 Å². The van der Waals surface area contributed by atoms with Crippen molar-refractivity contribution in [2.75, 3.05) is 37.1 Å². The quantitative estimate of drug-likeness (QED) is 0.0270. The third-order valence-corrected chi connectivity index (χ3v) is 19.5. The Morgan fingerprint density at radius 1 is 0.791 bits per heavy atom. The number of aliphatic hydroxyl groups is 1. The molecule has 0 aliphatic heterocycles. The Morgan fingerprint density at radius 3 is 2.22 bits per heavy atom. The number of carbonyl (C=O) groups is 2. The maximum absolute atomic E-state index is 14.2. The van der Waals surface area contributed by atoms with Gasteiger partial charge in [0.15, 0.2) is 6.29 Å². The molecule has 7 nitrogen and oxygen atoms in total. The van der Waals surface area contributed by atoms with Gasteiger partial charge in [0.25, 0.3) is 0 Å². The maximum Gasteiger partial charge on any atom is 0.407 e. The van der Waals surface area contributed by atoms with Crippen molar-refractivity contribution in [3.05, 3.63) is 156 Å². The fourth-order valence-electron chi connectivity index (χ4n) is 8.83. The van der Waals surface area contributed by atoms with Crippen molar-refractivity contribution in [2.24, 2.45) is 5.41 Å². The van der Waals surface area contributed by atoms with E-state index < -0.39 is 29.3 Å². The second-order valence-electron chi connectivity index (χ2n) is 17.6. The molecule has 0 bridgehead atoms. The number of benzene rings is 5. The van der Waals surface area contributed by atoms with Gasteiger partial charge in [0.1, 0.15) is 13.2 Å². The first-order chi connectivity index (χ1) is 32.6. The average molecular weight is 984 g/mol. The lowest BCUT2D eigenvalue weighted by Crippen LogP contribution is -2.54. The standard InChI is InChI=1S/C55H53NO6S5/c1-5-49(57)60-29-54(4,30-61-50(58)6-2)56-53(59)62-31-55(33-64-47-26-14-21-41-39-18-9-11-23-45(39)66-51(41)47,34-65-48-27-15-22-42-40-19-10-12-24-46(40)67-52(42)48)32-63-44-25-13-20-38-37-17-8-7-16-36(37)35(3)28-43(38)44/h5-11,13-23,25-27,35,49,57H,1-2,12,24,28-34H2,3-4H3,(H,56,59). The maximum atomic E-state index is 14.2. The Morgan fingerprint density at radius 2 is 1.45 bits per heavy atom. The van der Waals surface area contributed by atoms with Crippen LogP contribution in [0.4, 0.5) is 4.79 Å². The van der Waals surface area contributed by atoms with Gasteiger partial charge in [-0.2, -0.15) is 0 Å². The van der Waals surface area contributed by atoms with Gasteiger partial charge < -0.3 is 24.6 Å². The van der Waals surface area contributed by atoms with Gasteiger partial charge in [-0.05, 0) is 90.3 Å². The molecule has 0 spiro atoms. The number of thiophene rings is 2. The molecule has 2 N–H and O–H groups in total. The van der Waals surface area contributed by atoms with E-state index in [4.69, 9.17) is 14.2 Å². The second kappa shape index (κ2) is 20.8. The summed E-state index contributed by atoms with van der Waals surface area (Å²) < 4.78 is 21.2. The molecule has 9 rings (SSSR count). The molecule has 67 heavy (non-hydrogen) atoms. The van der Waals surface area contributed by atoms with Crippen LogP contribution in [-0.4, -0.2) is 66.1 Å². The normalized spacial score (nSPS) is 16.3. The van der Waals surface area contributed by atoms with Crippen LogP contribution in [0, 0.1) is 5.41 Å². The molecule has 7 aromatic rings. The number of rotatable bonds is 19. The summed E-state index contributed by atoms with van der Waals surface area (Å²) in [7, 11) is 0. The monoisotopic (exact) mass is 983 g/mol. The fourth-order valence-corrected chi connectivity index (χ4v) is 15.8. The van der Waals surface area contributed by atoms with Crippen LogP contribution in [-0.2, 0) is 31.8 Å². The first-order valence-electron chi connectivity index (χ1n) is 22.4. The highest BCUT2D eigenvalue weighted by molar-refractivity contribution is 8.01. The molecule has 4 atom stereocenters. The van der Waals surface area contributed by atoms with Gasteiger partial charge in [-0.3, -0.25) is 0 Å². The third kappa shape index (κ3) is 10.5. The zero-order chi connectivity index (χ0) is 46.5. The Balaban J connectivity index is 1.08. The number of alkyl carbamates (subject to hydrolysis) is 1. The number of fused-ring (bicyclic) bond motifs is 9. The van der Waals surface area contributed by atoms with E-state index in [1.165, 1.54) is 83.7 Å². The third-order valence-electron chi connectivity index (χ3n) is 12.4. The number of allylic oxidation sites excluding steroid dienone is 1. The molecular formula is C55H53NO6S5. The zero-order valence-electron chi connectivity index (χ0n) is 37.6. The predicted molar refractivity (Wildman–Crippen MR) is 283 cm³/mol. The minimum absolute atomic E-state index is 0.0980. The number of amides is 1. The van der Waals surface area contributed by atoms with Gasteiger partial charge in [-0.25, -0.2) is 9.59 Å². The smallest absolute Gasteiger partial charge is 0.407 e. The molecule has 4 unspecified atom stereocenters. The van der Waals surface area contributed by atoms with Gasteiger partial charge in [-0.1, -0.05) is 111 Å². The Bertz CT molecular complexity index is 3010. The van der Waals surface area contributed by atoms with Crippen molar-refractivity contribution in [1.29, 1.82) is 0 Å². The summed E-state index contributed by atoms with van der Waals surface area (Å²) in [5.74, 6) is 1.71. The van der Waals surface area contributed by atoms with E-state index in [1.807, 2.05) is 58.0 Å². The molecule has 0 saturated carbocycles. The molecule has 1 amide bonds. The number of hydrogen-bond donors (Lipinski definition) is 2. The van der Waals surface area contributed by atoms with Crippen molar-refractivity contribution in [3.63, 3.8) is 0 Å². The number of aryl methyl sites for hydroxylation is 1. The minimum atomic E-state index is -1.29. The van der Waals surface area contributed by atoms with Crippen molar-refractivity contribution in [1.82, 2.24) is 5.32 Å². The molecule has 2 aromatic heterocycles. The fraction of sp³-hybridized carbons (Fsp3) is 0.273. The number of hydrogen-bond acceptors (Lipinski definition) is 11. The number of thioether (sulfide) groups is 3. The SMILES string of the molecule is C=CC(=O)OCC(C)(COC(O)C=C)NC(=O)OCC(CSc1cccc2c1CC(C)c1ccccc1-2)(CSc1cccc2c3c(sc12)CCC=C3)CSc1cccc2c1sc1ccccc12. The summed E-state index contributed by atoms with van der Waals surface area (Å²) in [6.07, 6.45) is 7.92. The van der Waals surface area contributed by atoms with Gasteiger partial charge in [0.05, 0.1) is 12.1 Å². The molecule has 0 radical (unpaired) electrons. The van der Waals surface area contributed by atoms with Crippen LogP contribution in [0.3, 0.4) is 0 Å². The lowest BCUT2D eigenvalue weighted by Gasteiger charge is -2.35. The summed E-state index contributed by atoms with van der Waals surface area (Å²) in [4.78, 5) is 31.5. The van der Waals surface area contributed by atoms with E-state index in [-0.39, 0.29) is 19.8 Å². The largest absolute Gasteiger partial charge is 0.460 e. The Hall–Kier alpha value is -4.79. The van der Waals surface area contributed by atoms with E-state index in [0.717, 1.165) is 25.3 Å². The first-order valence-corrected chi connectivity index (χ1v) is 27.0. The highest BCUT2D eigenvalue weighted by Gasteiger charge is 2.37. The minimum Gasteiger partial charge on any atom is -0.460 e. The van der Waals surface area contributed by atoms with Crippen LogP contribution in [0.1, 0.15) is 47.8 Å². The molecule has 2 aliphatic rings. The topological polar surface area (TPSA) is 94.1 Å². The number of aliphatic hydroxyl groups excluding tert-OH is 1. The molecule has 2 heterocycles. The summed E-state index contributed by atoms with van der Waals surface area (Å²) >= 11 is 9.22. The van der Waals surface area contributed by atoms with E-state index in [1.54, 1.807) is 6.92 Å². The summed E-state index contributed by atoms with van der Waals surface area (Å²) in [5, 5.41) is 16.9. The van der Waals surface area contributed by atoms with Crippen molar-refractivity contribution in [2.45, 2.75) is 65.5 Å². The molecule has 0 fully saturated rings. The van der Waals surface area contributed by atoms with Crippen molar-refractivity contribution < 1.29 is 28.9 Å². The molecular weight excluding hydrogens is 931 g/mol. The highest BCUT2D eigenvalue weighted by Crippen LogP contribution is 2.48. The number of esters is 1. The van der Waals surface area contributed by atoms with Crippen LogP contribution in [0.2, 0.25) is 0 Å². The van der Waals surface area contributed by atoms with Crippen LogP contribution in [0.15, 0.2) is 149 Å². The molecule has 5 aromatic carbocycles. The molecule has 344 valence electrons. The van der Waals surface area contributed by atoms with Gasteiger partial charge in [-0.15, -0.1) is 58.0 Å². The van der Waals surface area contributed by atoms with Crippen LogP contribution in [0.25, 0.3) is 47.5 Å². The lowest BCUT2D eigenvalue weighted by atomic mass is 9.80. The molecule has 2 aliphatic carbocycles. The van der Waals surface area contributed by atoms with Gasteiger partial charge >= 0.3 is 12.1 Å². The average Bonchev–Trinajstić information content (AvgIpc) is 3.94. The van der Waals surface area contributed by atoms with Crippen LogP contribution >= 0.6 is 58.0 Å². The highest BCUT2D eigenvalue weighted by atomic mass is 32.2. The van der Waals surface area contributed by atoms with Crippen LogP contribution < -0.4 is 5.32 Å². The predicted octanol–water partition coefficient (Wildman–Crippen LogP) is 14.0. The van der Waals surface area contributed by atoms with E-state index >= 15 is 0 Å². The number of carbonyl (C=O) groups excluding carboxylic acids is 2. The van der Waals surface area contributed by atoms with E-state index in [9.17, 15) is 14.7 Å². The second-order valence-corrected chi connectivity index (χ2v) is 22.8. The van der Waals surface area contributed by atoms with Crippen molar-refractivity contribution in [3.8, 4) is 11.1 Å². The van der Waals surface area contributed by atoms with E-state index in [2.05, 4.69) is 141 Å². The number of ether oxygens (including phenoxy) is 3. The van der Waals surface area contributed by atoms with Gasteiger partial charge in [0.2, 0.25) is 0 Å².